The van der Waals surface area contributed by atoms with E-state index in [0.29, 0.717) is 43.6 Å². The van der Waals surface area contributed by atoms with Gasteiger partial charge in [0.25, 0.3) is 0 Å². The molecule has 1 atom stereocenters. The van der Waals surface area contributed by atoms with Gasteiger partial charge in [-0.2, -0.15) is 0 Å². The molecule has 8 heteroatoms. The highest BCUT2D eigenvalue weighted by molar-refractivity contribution is 7.91. The molecule has 6 nitrogen and oxygen atoms in total. The van der Waals surface area contributed by atoms with E-state index in [-0.39, 0.29) is 5.54 Å². The maximum Gasteiger partial charge on any atom is 0.157 e. The molecule has 1 unspecified atom stereocenters. The fraction of sp³-hybridized carbons (Fsp3) is 0.318. The SMILES string of the molecule is NC1(CNc2cc(N3CC[S+]([O-])c4ccccc4C3)nc3ccc(Cl)cc23)COC1. The molecule has 0 bridgehead atoms. The summed E-state index contributed by atoms with van der Waals surface area (Å²) in [4.78, 5) is 8.00. The monoisotopic (exact) mass is 442 g/mol. The summed E-state index contributed by atoms with van der Waals surface area (Å²) in [5.41, 5.74) is 8.84. The number of aromatic nitrogens is 1. The van der Waals surface area contributed by atoms with Gasteiger partial charge in [-0.05, 0) is 35.4 Å². The largest absolute Gasteiger partial charge is 0.611 e. The van der Waals surface area contributed by atoms with Crippen molar-refractivity contribution in [1.29, 1.82) is 0 Å². The lowest BCUT2D eigenvalue weighted by Crippen LogP contribution is -2.61. The van der Waals surface area contributed by atoms with Gasteiger partial charge in [0.1, 0.15) is 11.6 Å². The van der Waals surface area contributed by atoms with Crippen LogP contribution in [0, 0.1) is 0 Å². The van der Waals surface area contributed by atoms with E-state index < -0.39 is 11.2 Å². The lowest BCUT2D eigenvalue weighted by Gasteiger charge is -2.38. The van der Waals surface area contributed by atoms with Crippen LogP contribution in [0.25, 0.3) is 10.9 Å². The van der Waals surface area contributed by atoms with E-state index >= 15 is 0 Å². The van der Waals surface area contributed by atoms with E-state index in [0.717, 1.165) is 32.9 Å². The van der Waals surface area contributed by atoms with Gasteiger partial charge in [-0.1, -0.05) is 29.8 Å². The molecule has 3 aromatic rings. The van der Waals surface area contributed by atoms with Gasteiger partial charge in [-0.15, -0.1) is 0 Å². The quantitative estimate of drug-likeness (QED) is 0.603. The van der Waals surface area contributed by atoms with Crippen molar-refractivity contribution in [3.8, 4) is 0 Å². The van der Waals surface area contributed by atoms with Crippen molar-refractivity contribution >= 4 is 45.2 Å². The number of fused-ring (bicyclic) bond motifs is 2. The van der Waals surface area contributed by atoms with Crippen molar-refractivity contribution in [1.82, 2.24) is 4.98 Å². The third-order valence-corrected chi connectivity index (χ3v) is 7.29. The Hall–Kier alpha value is -2.03. The van der Waals surface area contributed by atoms with Gasteiger partial charge < -0.3 is 25.2 Å². The topological polar surface area (TPSA) is 86.5 Å². The van der Waals surface area contributed by atoms with Crippen LogP contribution in [0.1, 0.15) is 5.56 Å². The van der Waals surface area contributed by atoms with E-state index in [1.807, 2.05) is 48.5 Å². The number of halogens is 1. The summed E-state index contributed by atoms with van der Waals surface area (Å²) in [5.74, 6) is 1.42. The molecule has 2 aliphatic rings. The summed E-state index contributed by atoms with van der Waals surface area (Å²) in [6.45, 7) is 3.03. The Labute approximate surface area is 183 Å². The number of nitrogens with two attached hydrogens (primary N) is 1. The lowest BCUT2D eigenvalue weighted by molar-refractivity contribution is -0.0461. The number of hydrogen-bond acceptors (Lipinski definition) is 6. The van der Waals surface area contributed by atoms with E-state index in [9.17, 15) is 4.55 Å². The first kappa shape index (κ1) is 19.9. The van der Waals surface area contributed by atoms with E-state index in [2.05, 4.69) is 10.2 Å². The summed E-state index contributed by atoms with van der Waals surface area (Å²) in [5, 5.41) is 5.10. The fourth-order valence-electron chi connectivity index (χ4n) is 3.87. The second-order valence-corrected chi connectivity index (χ2v) is 9.95. The Bertz CT molecular complexity index is 1090. The van der Waals surface area contributed by atoms with Crippen LogP contribution in [0.15, 0.2) is 53.4 Å². The molecule has 1 aromatic heterocycles. The highest BCUT2D eigenvalue weighted by Gasteiger charge is 2.34. The number of anilines is 2. The smallest absolute Gasteiger partial charge is 0.157 e. The molecule has 3 N–H and O–H groups in total. The minimum Gasteiger partial charge on any atom is -0.611 e. The molecule has 1 saturated heterocycles. The Morgan fingerprint density at radius 2 is 2.07 bits per heavy atom. The average molecular weight is 443 g/mol. The number of ether oxygens (including phenoxy) is 1. The Balaban J connectivity index is 1.52. The number of rotatable bonds is 4. The van der Waals surface area contributed by atoms with Gasteiger partial charge >= 0.3 is 0 Å². The molecular formula is C22H23ClN4O2S. The third kappa shape index (κ3) is 3.84. The van der Waals surface area contributed by atoms with Crippen LogP contribution in [-0.2, 0) is 22.5 Å². The Morgan fingerprint density at radius 3 is 2.87 bits per heavy atom. The first-order valence-corrected chi connectivity index (χ1v) is 11.6. The fourth-order valence-corrected chi connectivity index (χ4v) is 5.30. The van der Waals surface area contributed by atoms with Gasteiger partial charge in [-0.3, -0.25) is 0 Å². The molecular weight excluding hydrogens is 420 g/mol. The second-order valence-electron chi connectivity index (χ2n) is 7.98. The Morgan fingerprint density at radius 1 is 1.23 bits per heavy atom. The molecule has 2 aliphatic heterocycles. The zero-order valence-corrected chi connectivity index (χ0v) is 18.0. The molecule has 3 heterocycles. The number of hydrogen-bond donors (Lipinski definition) is 2. The molecule has 2 aromatic carbocycles. The first-order valence-electron chi connectivity index (χ1n) is 9.93. The van der Waals surface area contributed by atoms with Crippen molar-refractivity contribution in [2.75, 3.05) is 42.3 Å². The minimum atomic E-state index is -1.00. The molecule has 5 rings (SSSR count). The highest BCUT2D eigenvalue weighted by atomic mass is 35.5. The molecule has 0 spiro atoms. The van der Waals surface area contributed by atoms with Crippen LogP contribution < -0.4 is 16.0 Å². The minimum absolute atomic E-state index is 0.354. The zero-order chi connectivity index (χ0) is 20.7. The lowest BCUT2D eigenvalue weighted by atomic mass is 9.99. The summed E-state index contributed by atoms with van der Waals surface area (Å²) in [6, 6.07) is 15.7. The van der Waals surface area contributed by atoms with Crippen LogP contribution in [-0.4, -0.2) is 47.1 Å². The molecule has 156 valence electrons. The maximum absolute atomic E-state index is 12.7. The average Bonchev–Trinajstić information content (AvgIpc) is 2.90. The normalized spacial score (nSPS) is 20.4. The van der Waals surface area contributed by atoms with Gasteiger partial charge in [0.15, 0.2) is 4.90 Å². The van der Waals surface area contributed by atoms with Gasteiger partial charge in [0.05, 0.1) is 30.8 Å². The van der Waals surface area contributed by atoms with Crippen molar-refractivity contribution < 1.29 is 9.29 Å². The molecule has 0 amide bonds. The summed E-state index contributed by atoms with van der Waals surface area (Å²) < 4.78 is 17.9. The van der Waals surface area contributed by atoms with E-state index in [1.165, 1.54) is 0 Å². The summed E-state index contributed by atoms with van der Waals surface area (Å²) in [6.07, 6.45) is 0. The predicted molar refractivity (Wildman–Crippen MR) is 122 cm³/mol. The standard InChI is InChI=1S/C22H23ClN4O2S/c23-16-5-6-18-17(9-16)19(25-12-22(24)13-29-14-22)10-21(26-18)27-7-8-30(28)20-4-2-1-3-15(20)11-27/h1-6,9-10H,7-8,11-14,24H2,(H,25,26). The maximum atomic E-state index is 12.7. The summed E-state index contributed by atoms with van der Waals surface area (Å²) in [7, 11) is 0. The van der Waals surface area contributed by atoms with Crippen LogP contribution >= 0.6 is 11.6 Å². The van der Waals surface area contributed by atoms with Crippen molar-refractivity contribution in [2.24, 2.45) is 5.73 Å². The van der Waals surface area contributed by atoms with Crippen LogP contribution in [0.5, 0.6) is 0 Å². The molecule has 0 radical (unpaired) electrons. The molecule has 30 heavy (non-hydrogen) atoms. The Kier molecular flexibility index (Phi) is 5.24. The van der Waals surface area contributed by atoms with E-state index in [4.69, 9.17) is 27.1 Å². The first-order chi connectivity index (χ1) is 14.5. The van der Waals surface area contributed by atoms with Crippen LogP contribution in [0.3, 0.4) is 0 Å². The number of benzene rings is 2. The van der Waals surface area contributed by atoms with Gasteiger partial charge in [-0.25, -0.2) is 4.98 Å². The predicted octanol–water partition coefficient (Wildman–Crippen LogP) is 3.16. The third-order valence-electron chi connectivity index (χ3n) is 5.62. The molecule has 0 saturated carbocycles. The van der Waals surface area contributed by atoms with Gasteiger partial charge in [0, 0.05) is 40.8 Å². The number of pyridine rings is 1. The highest BCUT2D eigenvalue weighted by Crippen LogP contribution is 2.32. The van der Waals surface area contributed by atoms with Crippen molar-refractivity contribution in [3.63, 3.8) is 0 Å². The molecule has 0 aliphatic carbocycles. The van der Waals surface area contributed by atoms with Crippen LogP contribution in [0.2, 0.25) is 5.02 Å². The van der Waals surface area contributed by atoms with E-state index in [1.54, 1.807) is 0 Å². The number of nitrogens with one attached hydrogen (secondary N) is 1. The van der Waals surface area contributed by atoms with Crippen molar-refractivity contribution in [3.05, 3.63) is 59.1 Å². The zero-order valence-electron chi connectivity index (χ0n) is 16.4. The van der Waals surface area contributed by atoms with Crippen LogP contribution in [0.4, 0.5) is 11.5 Å². The summed E-state index contributed by atoms with van der Waals surface area (Å²) >= 11 is 5.25. The van der Waals surface area contributed by atoms with Gasteiger partial charge in [0.2, 0.25) is 0 Å². The molecule has 1 fully saturated rings. The number of nitrogens with zero attached hydrogens (tertiary/aromatic N) is 2. The van der Waals surface area contributed by atoms with Crippen molar-refractivity contribution in [2.45, 2.75) is 17.0 Å². The second kappa shape index (κ2) is 7.90.